The number of aryl methyl sites for hydroxylation is 1. The lowest BCUT2D eigenvalue weighted by Gasteiger charge is -2.12. The Labute approximate surface area is 181 Å². The van der Waals surface area contributed by atoms with Gasteiger partial charge in [0.1, 0.15) is 17.7 Å². The summed E-state index contributed by atoms with van der Waals surface area (Å²) in [4.78, 5) is 5.98. The Balaban J connectivity index is 1.54. The molecule has 0 atom stereocenters. The number of benzene rings is 2. The van der Waals surface area contributed by atoms with Gasteiger partial charge in [-0.2, -0.15) is 5.26 Å². The molecule has 1 aliphatic rings. The number of rotatable bonds is 7. The second-order valence-electron chi connectivity index (χ2n) is 7.17. The van der Waals surface area contributed by atoms with Crippen LogP contribution in [0.4, 0.5) is 5.00 Å². The molecule has 1 aliphatic carbocycles. The summed E-state index contributed by atoms with van der Waals surface area (Å²) in [6.45, 7) is 3.00. The van der Waals surface area contributed by atoms with E-state index in [1.54, 1.807) is 11.3 Å². The van der Waals surface area contributed by atoms with Crippen molar-refractivity contribution >= 4 is 22.6 Å². The maximum atomic E-state index is 9.61. The third-order valence-electron chi connectivity index (χ3n) is 5.10. The van der Waals surface area contributed by atoms with Crippen LogP contribution in [0.15, 0.2) is 53.5 Å². The van der Waals surface area contributed by atoms with E-state index in [9.17, 15) is 5.26 Å². The zero-order chi connectivity index (χ0) is 20.8. The first-order chi connectivity index (χ1) is 14.8. The molecule has 0 radical (unpaired) electrons. The molecule has 5 heteroatoms. The summed E-state index contributed by atoms with van der Waals surface area (Å²) in [6.07, 6.45) is 6.22. The van der Waals surface area contributed by atoms with Crippen LogP contribution in [-0.2, 0) is 19.4 Å². The van der Waals surface area contributed by atoms with Crippen molar-refractivity contribution in [3.63, 3.8) is 0 Å². The van der Waals surface area contributed by atoms with Gasteiger partial charge in [0.25, 0.3) is 0 Å². The Kier molecular flexibility index (Phi) is 6.46. The average molecular weight is 417 g/mol. The van der Waals surface area contributed by atoms with Crippen molar-refractivity contribution in [1.82, 2.24) is 0 Å². The number of ether oxygens (including phenoxy) is 2. The predicted molar refractivity (Wildman–Crippen MR) is 121 cm³/mol. The number of aliphatic imine (C=N–C) groups is 1. The molecule has 0 fully saturated rings. The second-order valence-corrected chi connectivity index (χ2v) is 8.26. The molecule has 0 N–H and O–H groups in total. The number of fused-ring (bicyclic) bond motifs is 1. The van der Waals surface area contributed by atoms with Crippen LogP contribution in [0, 0.1) is 11.3 Å². The largest absolute Gasteiger partial charge is 0.490 e. The third kappa shape index (κ3) is 4.55. The predicted octanol–water partition coefficient (Wildman–Crippen LogP) is 6.23. The average Bonchev–Trinajstić information content (AvgIpc) is 3.15. The van der Waals surface area contributed by atoms with E-state index < -0.39 is 0 Å². The second kappa shape index (κ2) is 9.60. The quantitative estimate of drug-likeness (QED) is 0.429. The van der Waals surface area contributed by atoms with E-state index in [4.69, 9.17) is 9.47 Å². The summed E-state index contributed by atoms with van der Waals surface area (Å²) < 4.78 is 11.8. The molecule has 1 heterocycles. The van der Waals surface area contributed by atoms with E-state index in [1.807, 2.05) is 61.7 Å². The first-order valence-electron chi connectivity index (χ1n) is 10.3. The molecule has 0 aliphatic heterocycles. The molecular weight excluding hydrogens is 392 g/mol. The van der Waals surface area contributed by atoms with E-state index in [0.29, 0.717) is 24.7 Å². The Bertz CT molecular complexity index is 1080. The van der Waals surface area contributed by atoms with Crippen molar-refractivity contribution in [2.45, 2.75) is 39.2 Å². The number of nitriles is 1. The van der Waals surface area contributed by atoms with E-state index >= 15 is 0 Å². The number of thiophene rings is 1. The van der Waals surface area contributed by atoms with Gasteiger partial charge in [0, 0.05) is 11.1 Å². The molecule has 0 amide bonds. The van der Waals surface area contributed by atoms with Crippen molar-refractivity contribution in [3.8, 4) is 17.6 Å². The van der Waals surface area contributed by atoms with Crippen molar-refractivity contribution in [1.29, 1.82) is 5.26 Å². The van der Waals surface area contributed by atoms with E-state index in [-0.39, 0.29) is 0 Å². The Morgan fingerprint density at radius 1 is 1.07 bits per heavy atom. The molecule has 0 saturated carbocycles. The van der Waals surface area contributed by atoms with Crippen LogP contribution in [0.3, 0.4) is 0 Å². The standard InChI is InChI=1S/C25H24N2O2S/c1-2-28-23-14-19(12-13-22(23)29-17-18-8-4-3-5-9-18)16-27-25-21(15-26)20-10-6-7-11-24(20)30-25/h3-5,8-9,12-14,16H,2,6-7,10-11,17H2,1H3. The smallest absolute Gasteiger partial charge is 0.161 e. The zero-order valence-electron chi connectivity index (χ0n) is 17.1. The summed E-state index contributed by atoms with van der Waals surface area (Å²) in [5.41, 5.74) is 3.98. The van der Waals surface area contributed by atoms with Crippen LogP contribution in [-0.4, -0.2) is 12.8 Å². The zero-order valence-corrected chi connectivity index (χ0v) is 17.9. The summed E-state index contributed by atoms with van der Waals surface area (Å²) >= 11 is 1.65. The molecule has 152 valence electrons. The van der Waals surface area contributed by atoms with Gasteiger partial charge in [0.15, 0.2) is 11.5 Å². The molecule has 4 rings (SSSR count). The summed E-state index contributed by atoms with van der Waals surface area (Å²) in [5.74, 6) is 1.41. The lowest BCUT2D eigenvalue weighted by atomic mass is 9.96. The van der Waals surface area contributed by atoms with Crippen molar-refractivity contribution in [2.24, 2.45) is 4.99 Å². The highest BCUT2D eigenvalue weighted by atomic mass is 32.1. The lowest BCUT2D eigenvalue weighted by Crippen LogP contribution is -2.00. The summed E-state index contributed by atoms with van der Waals surface area (Å²) in [5, 5.41) is 10.4. The molecule has 0 bridgehead atoms. The topological polar surface area (TPSA) is 54.6 Å². The van der Waals surface area contributed by atoms with Gasteiger partial charge in [-0.3, -0.25) is 0 Å². The molecule has 2 aromatic carbocycles. The molecule has 3 aromatic rings. The van der Waals surface area contributed by atoms with Crippen LogP contribution in [0.5, 0.6) is 11.5 Å². The van der Waals surface area contributed by atoms with Crippen LogP contribution < -0.4 is 9.47 Å². The molecule has 0 unspecified atom stereocenters. The van der Waals surface area contributed by atoms with Crippen molar-refractivity contribution < 1.29 is 9.47 Å². The lowest BCUT2D eigenvalue weighted by molar-refractivity contribution is 0.269. The Morgan fingerprint density at radius 2 is 1.90 bits per heavy atom. The van der Waals surface area contributed by atoms with Crippen LogP contribution in [0.1, 0.15) is 46.9 Å². The minimum Gasteiger partial charge on any atom is -0.490 e. The highest BCUT2D eigenvalue weighted by Gasteiger charge is 2.20. The van der Waals surface area contributed by atoms with Gasteiger partial charge in [0.05, 0.1) is 12.2 Å². The van der Waals surface area contributed by atoms with Crippen LogP contribution >= 0.6 is 11.3 Å². The molecule has 0 saturated heterocycles. The SMILES string of the molecule is CCOc1cc(C=Nc2sc3c(c2C#N)CCCC3)ccc1OCc1ccccc1. The van der Waals surface area contributed by atoms with Crippen LogP contribution in [0.2, 0.25) is 0 Å². The maximum Gasteiger partial charge on any atom is 0.161 e. The number of hydrogen-bond donors (Lipinski definition) is 0. The Morgan fingerprint density at radius 3 is 2.70 bits per heavy atom. The number of hydrogen-bond acceptors (Lipinski definition) is 5. The van der Waals surface area contributed by atoms with Crippen molar-refractivity contribution in [3.05, 3.63) is 75.7 Å². The Hall–Kier alpha value is -3.10. The normalized spacial score (nSPS) is 13.1. The molecule has 4 nitrogen and oxygen atoms in total. The third-order valence-corrected chi connectivity index (χ3v) is 6.30. The minimum absolute atomic E-state index is 0.487. The van der Waals surface area contributed by atoms with Gasteiger partial charge < -0.3 is 9.47 Å². The summed E-state index contributed by atoms with van der Waals surface area (Å²) in [7, 11) is 0. The molecule has 0 spiro atoms. The molecule has 1 aromatic heterocycles. The first-order valence-corrected chi connectivity index (χ1v) is 11.1. The van der Waals surface area contributed by atoms with Gasteiger partial charge in [-0.25, -0.2) is 4.99 Å². The number of nitrogens with zero attached hydrogens (tertiary/aromatic N) is 2. The fourth-order valence-corrected chi connectivity index (χ4v) is 4.80. The maximum absolute atomic E-state index is 9.61. The van der Waals surface area contributed by atoms with Gasteiger partial charge >= 0.3 is 0 Å². The van der Waals surface area contributed by atoms with Crippen LogP contribution in [0.25, 0.3) is 0 Å². The fourth-order valence-electron chi connectivity index (χ4n) is 3.62. The highest BCUT2D eigenvalue weighted by molar-refractivity contribution is 7.16. The van der Waals surface area contributed by atoms with E-state index in [0.717, 1.165) is 41.0 Å². The minimum atomic E-state index is 0.487. The van der Waals surface area contributed by atoms with E-state index in [2.05, 4.69) is 11.1 Å². The van der Waals surface area contributed by atoms with E-state index in [1.165, 1.54) is 16.9 Å². The van der Waals surface area contributed by atoms with Gasteiger partial charge in [0.2, 0.25) is 0 Å². The molecule has 30 heavy (non-hydrogen) atoms. The van der Waals surface area contributed by atoms with Gasteiger partial charge in [-0.15, -0.1) is 11.3 Å². The fraction of sp³-hybridized carbons (Fsp3) is 0.280. The van der Waals surface area contributed by atoms with Crippen molar-refractivity contribution in [2.75, 3.05) is 6.61 Å². The first kappa shape index (κ1) is 20.2. The van der Waals surface area contributed by atoms with Gasteiger partial charge in [-0.1, -0.05) is 30.3 Å². The molecular formula is C25H24N2O2S. The summed E-state index contributed by atoms with van der Waals surface area (Å²) in [6, 6.07) is 18.2. The highest BCUT2D eigenvalue weighted by Crippen LogP contribution is 2.39. The van der Waals surface area contributed by atoms with Gasteiger partial charge in [-0.05, 0) is 67.5 Å². The monoisotopic (exact) mass is 416 g/mol.